The highest BCUT2D eigenvalue weighted by atomic mass is 16.5. The first-order valence-electron chi connectivity index (χ1n) is 6.56. The van der Waals surface area contributed by atoms with Crippen LogP contribution in [0.3, 0.4) is 0 Å². The third kappa shape index (κ3) is 3.46. The highest BCUT2D eigenvalue weighted by molar-refractivity contribution is 5.94. The molecule has 1 saturated heterocycles. The molecule has 0 spiro atoms. The van der Waals surface area contributed by atoms with Gasteiger partial charge in [0.15, 0.2) is 0 Å². The molecule has 110 valence electrons. The number of H-pyrrole nitrogens is 1. The molecule has 20 heavy (non-hydrogen) atoms. The van der Waals surface area contributed by atoms with Crippen molar-refractivity contribution in [3.63, 3.8) is 0 Å². The van der Waals surface area contributed by atoms with Crippen molar-refractivity contribution in [1.29, 1.82) is 0 Å². The van der Waals surface area contributed by atoms with Gasteiger partial charge in [0.2, 0.25) is 5.56 Å². The standard InChI is InChI=1S/C14H20N2O4/c1-14(2)9-16(7-11(20-14)8-19-3)13(18)10-4-5-15-12(17)6-10/h4-6,11H,7-9H2,1-3H3,(H,15,17)/t11-/m1/s1. The number of morpholine rings is 1. The van der Waals surface area contributed by atoms with Crippen LogP contribution < -0.4 is 5.56 Å². The van der Waals surface area contributed by atoms with E-state index in [0.29, 0.717) is 25.3 Å². The number of methoxy groups -OCH3 is 1. The molecule has 6 heteroatoms. The number of carbonyl (C=O) groups excluding carboxylic acids is 1. The second-order valence-electron chi connectivity index (χ2n) is 5.58. The first-order chi connectivity index (χ1) is 9.41. The van der Waals surface area contributed by atoms with Crippen molar-refractivity contribution in [2.45, 2.75) is 25.6 Å². The molecule has 1 N–H and O–H groups in total. The Kier molecular flexibility index (Phi) is 4.25. The second-order valence-corrected chi connectivity index (χ2v) is 5.58. The number of ether oxygens (including phenoxy) is 2. The zero-order valence-corrected chi connectivity index (χ0v) is 12.0. The lowest BCUT2D eigenvalue weighted by Gasteiger charge is -2.42. The average Bonchev–Trinajstić information content (AvgIpc) is 2.36. The van der Waals surface area contributed by atoms with Gasteiger partial charge in [-0.05, 0) is 19.9 Å². The summed E-state index contributed by atoms with van der Waals surface area (Å²) in [4.78, 5) is 28.0. The number of hydrogen-bond donors (Lipinski definition) is 1. The zero-order valence-electron chi connectivity index (χ0n) is 12.0. The smallest absolute Gasteiger partial charge is 0.254 e. The monoisotopic (exact) mass is 280 g/mol. The quantitative estimate of drug-likeness (QED) is 0.882. The molecule has 1 aliphatic rings. The van der Waals surface area contributed by atoms with Gasteiger partial charge in [-0.25, -0.2) is 0 Å². The summed E-state index contributed by atoms with van der Waals surface area (Å²) in [5.74, 6) is -0.159. The summed E-state index contributed by atoms with van der Waals surface area (Å²) in [6.07, 6.45) is 1.32. The largest absolute Gasteiger partial charge is 0.382 e. The molecular weight excluding hydrogens is 260 g/mol. The first-order valence-corrected chi connectivity index (χ1v) is 6.56. The molecule has 0 radical (unpaired) electrons. The topological polar surface area (TPSA) is 71.6 Å². The van der Waals surface area contributed by atoms with E-state index in [1.807, 2.05) is 13.8 Å². The number of nitrogens with zero attached hydrogens (tertiary/aromatic N) is 1. The van der Waals surface area contributed by atoms with E-state index in [1.54, 1.807) is 18.1 Å². The Labute approximate surface area is 117 Å². The summed E-state index contributed by atoms with van der Waals surface area (Å²) >= 11 is 0. The molecular formula is C14H20N2O4. The van der Waals surface area contributed by atoms with Crippen molar-refractivity contribution < 1.29 is 14.3 Å². The maximum Gasteiger partial charge on any atom is 0.254 e. The van der Waals surface area contributed by atoms with Gasteiger partial charge < -0.3 is 19.4 Å². The maximum atomic E-state index is 12.5. The molecule has 2 rings (SSSR count). The third-order valence-electron chi connectivity index (χ3n) is 3.14. The lowest BCUT2D eigenvalue weighted by atomic mass is 10.0. The number of amides is 1. The fraction of sp³-hybridized carbons (Fsp3) is 0.571. The van der Waals surface area contributed by atoms with E-state index in [2.05, 4.69) is 4.98 Å². The molecule has 0 bridgehead atoms. The van der Waals surface area contributed by atoms with E-state index >= 15 is 0 Å². The van der Waals surface area contributed by atoms with Crippen LogP contribution in [0.2, 0.25) is 0 Å². The SMILES string of the molecule is COC[C@H]1CN(C(=O)c2cc[nH]c(=O)c2)CC(C)(C)O1. The lowest BCUT2D eigenvalue weighted by molar-refractivity contribution is -0.143. The summed E-state index contributed by atoms with van der Waals surface area (Å²) in [7, 11) is 1.61. The number of aromatic nitrogens is 1. The van der Waals surface area contributed by atoms with Crippen molar-refractivity contribution in [1.82, 2.24) is 9.88 Å². The van der Waals surface area contributed by atoms with Crippen LogP contribution in [0.4, 0.5) is 0 Å². The van der Waals surface area contributed by atoms with Crippen molar-refractivity contribution >= 4 is 5.91 Å². The third-order valence-corrected chi connectivity index (χ3v) is 3.14. The molecule has 1 aromatic heterocycles. The fourth-order valence-electron chi connectivity index (χ4n) is 2.48. The number of aromatic amines is 1. The predicted octanol–water partition coefficient (Wildman–Crippen LogP) is 0.641. The fourth-order valence-corrected chi connectivity index (χ4v) is 2.48. The Morgan fingerprint density at radius 3 is 3.00 bits per heavy atom. The van der Waals surface area contributed by atoms with Crippen molar-refractivity contribution in [2.24, 2.45) is 0 Å². The molecule has 1 fully saturated rings. The minimum atomic E-state index is -0.432. The van der Waals surface area contributed by atoms with E-state index in [9.17, 15) is 9.59 Å². The van der Waals surface area contributed by atoms with Gasteiger partial charge in [0.1, 0.15) is 0 Å². The summed E-state index contributed by atoms with van der Waals surface area (Å²) in [5.41, 5.74) is -0.322. The van der Waals surface area contributed by atoms with Gasteiger partial charge in [0.05, 0.1) is 18.3 Å². The van der Waals surface area contributed by atoms with Gasteiger partial charge in [-0.2, -0.15) is 0 Å². The molecule has 6 nitrogen and oxygen atoms in total. The van der Waals surface area contributed by atoms with Crippen LogP contribution >= 0.6 is 0 Å². The maximum absolute atomic E-state index is 12.5. The zero-order chi connectivity index (χ0) is 14.8. The first kappa shape index (κ1) is 14.7. The molecule has 0 saturated carbocycles. The number of carbonyl (C=O) groups is 1. The van der Waals surface area contributed by atoms with Crippen molar-refractivity contribution in [2.75, 3.05) is 26.8 Å². The number of pyridine rings is 1. The Morgan fingerprint density at radius 1 is 1.60 bits per heavy atom. The van der Waals surface area contributed by atoms with Gasteiger partial charge in [0, 0.05) is 38.0 Å². The van der Waals surface area contributed by atoms with Crippen molar-refractivity contribution in [3.8, 4) is 0 Å². The number of hydrogen-bond acceptors (Lipinski definition) is 4. The predicted molar refractivity (Wildman–Crippen MR) is 73.8 cm³/mol. The number of rotatable bonds is 3. The summed E-state index contributed by atoms with van der Waals surface area (Å²) in [5, 5.41) is 0. The van der Waals surface area contributed by atoms with Crippen LogP contribution in [0.1, 0.15) is 24.2 Å². The minimum absolute atomic E-state index is 0.158. The second kappa shape index (κ2) is 5.76. The molecule has 0 aliphatic carbocycles. The average molecular weight is 280 g/mol. The number of nitrogens with one attached hydrogen (secondary N) is 1. The van der Waals surface area contributed by atoms with E-state index < -0.39 is 5.60 Å². The lowest BCUT2D eigenvalue weighted by Crippen LogP contribution is -2.55. The van der Waals surface area contributed by atoms with Crippen molar-refractivity contribution in [3.05, 3.63) is 34.2 Å². The minimum Gasteiger partial charge on any atom is -0.382 e. The Balaban J connectivity index is 2.18. The molecule has 1 aromatic rings. The van der Waals surface area contributed by atoms with E-state index in [0.717, 1.165) is 0 Å². The van der Waals surface area contributed by atoms with E-state index in [4.69, 9.17) is 9.47 Å². The van der Waals surface area contributed by atoms with Gasteiger partial charge >= 0.3 is 0 Å². The Morgan fingerprint density at radius 2 is 2.35 bits per heavy atom. The van der Waals surface area contributed by atoms with E-state index in [1.165, 1.54) is 12.3 Å². The van der Waals surface area contributed by atoms with Crippen LogP contribution in [0.15, 0.2) is 23.1 Å². The van der Waals surface area contributed by atoms with Gasteiger partial charge in [-0.15, -0.1) is 0 Å². The summed E-state index contributed by atoms with van der Waals surface area (Å²) < 4.78 is 11.0. The molecule has 1 atom stereocenters. The van der Waals surface area contributed by atoms with Gasteiger partial charge in [-0.3, -0.25) is 9.59 Å². The summed E-state index contributed by atoms with van der Waals surface area (Å²) in [6.45, 7) is 5.25. The van der Waals surface area contributed by atoms with Gasteiger partial charge in [0.25, 0.3) is 5.91 Å². The molecule has 2 heterocycles. The highest BCUT2D eigenvalue weighted by Gasteiger charge is 2.35. The Bertz CT molecular complexity index is 538. The van der Waals surface area contributed by atoms with E-state index in [-0.39, 0.29) is 17.6 Å². The van der Waals surface area contributed by atoms with Gasteiger partial charge in [-0.1, -0.05) is 0 Å². The molecule has 1 amide bonds. The highest BCUT2D eigenvalue weighted by Crippen LogP contribution is 2.22. The van der Waals surface area contributed by atoms with Crippen LogP contribution in [-0.4, -0.2) is 54.3 Å². The molecule has 1 aliphatic heterocycles. The normalized spacial score (nSPS) is 21.8. The Hall–Kier alpha value is -1.66. The van der Waals surface area contributed by atoms with Crippen LogP contribution in [0.5, 0.6) is 0 Å². The summed E-state index contributed by atoms with van der Waals surface area (Å²) in [6, 6.07) is 2.92. The molecule has 0 unspecified atom stereocenters. The van der Waals surface area contributed by atoms with Crippen LogP contribution in [0, 0.1) is 0 Å². The molecule has 0 aromatic carbocycles. The van der Waals surface area contributed by atoms with Crippen LogP contribution in [-0.2, 0) is 9.47 Å². The van der Waals surface area contributed by atoms with Crippen LogP contribution in [0.25, 0.3) is 0 Å².